The smallest absolute Gasteiger partial charge is 0.303 e. The summed E-state index contributed by atoms with van der Waals surface area (Å²) in [7, 11) is 0. The SMILES string of the molecule is CC1(C)C(/C=C/C=C2\N(CCCCCCCC(=O)O)c3ccc4ccccc4c3C2(C)C)=[N+](CCCCCCCC(=O)O)c2ccc3ccccc3c21.[Br-]. The average Bonchev–Trinajstić information content (AvgIpc) is 3.49. The number of carbonyl (C=O) groups is 2. The lowest BCUT2D eigenvalue weighted by Gasteiger charge is -2.27. The van der Waals surface area contributed by atoms with Crippen LogP contribution in [0.1, 0.15) is 116 Å². The number of allylic oxidation sites excluding steroid dienone is 4. The van der Waals surface area contributed by atoms with Gasteiger partial charge in [-0.25, -0.2) is 0 Å². The van der Waals surface area contributed by atoms with E-state index in [1.54, 1.807) is 0 Å². The molecule has 0 saturated carbocycles. The zero-order valence-corrected chi connectivity index (χ0v) is 34.1. The first-order valence-electron chi connectivity index (χ1n) is 19.8. The molecule has 0 amide bonds. The average molecular weight is 794 g/mol. The van der Waals surface area contributed by atoms with Crippen molar-refractivity contribution in [1.82, 2.24) is 0 Å². The van der Waals surface area contributed by atoms with Crippen molar-refractivity contribution in [2.24, 2.45) is 0 Å². The molecule has 0 saturated heterocycles. The van der Waals surface area contributed by atoms with E-state index in [9.17, 15) is 9.59 Å². The lowest BCUT2D eigenvalue weighted by Crippen LogP contribution is -3.00. The molecule has 0 unspecified atom stereocenters. The third-order valence-corrected chi connectivity index (χ3v) is 11.6. The van der Waals surface area contributed by atoms with Crippen molar-refractivity contribution in [2.45, 2.75) is 116 Å². The minimum absolute atomic E-state index is 0. The molecule has 6 rings (SSSR count). The Hall–Kier alpha value is -4.23. The van der Waals surface area contributed by atoms with Gasteiger partial charge in [-0.1, -0.05) is 107 Å². The summed E-state index contributed by atoms with van der Waals surface area (Å²) in [5.74, 6) is -1.42. The van der Waals surface area contributed by atoms with Crippen LogP contribution in [0.4, 0.5) is 11.4 Å². The summed E-state index contributed by atoms with van der Waals surface area (Å²) in [6.45, 7) is 11.3. The van der Waals surface area contributed by atoms with Gasteiger partial charge in [-0.3, -0.25) is 9.59 Å². The first kappa shape index (κ1) is 40.9. The van der Waals surface area contributed by atoms with Crippen molar-refractivity contribution < 1.29 is 41.4 Å². The normalized spacial score (nSPS) is 16.4. The van der Waals surface area contributed by atoms with Gasteiger partial charge in [0, 0.05) is 60.3 Å². The largest absolute Gasteiger partial charge is 1.00 e. The zero-order chi connectivity index (χ0) is 37.6. The van der Waals surface area contributed by atoms with Crippen LogP contribution in [-0.4, -0.2) is 45.5 Å². The molecule has 286 valence electrons. The Labute approximate surface area is 332 Å². The molecule has 4 aromatic carbocycles. The van der Waals surface area contributed by atoms with Crippen molar-refractivity contribution >= 4 is 50.6 Å². The fourth-order valence-corrected chi connectivity index (χ4v) is 8.94. The van der Waals surface area contributed by atoms with Gasteiger partial charge < -0.3 is 32.1 Å². The Kier molecular flexibility index (Phi) is 13.6. The number of rotatable bonds is 18. The molecule has 0 radical (unpaired) electrons. The summed E-state index contributed by atoms with van der Waals surface area (Å²) in [4.78, 5) is 24.5. The van der Waals surface area contributed by atoms with Crippen LogP contribution in [0.3, 0.4) is 0 Å². The summed E-state index contributed by atoms with van der Waals surface area (Å²) in [5, 5.41) is 23.2. The fourth-order valence-electron chi connectivity index (χ4n) is 8.94. The maximum atomic E-state index is 11.0. The molecule has 2 N–H and O–H groups in total. The molecular weight excluding hydrogens is 736 g/mol. The van der Waals surface area contributed by atoms with Crippen LogP contribution in [0, 0.1) is 0 Å². The molecule has 4 aromatic rings. The molecule has 0 bridgehead atoms. The summed E-state index contributed by atoms with van der Waals surface area (Å²) in [5.41, 5.74) is 7.56. The van der Waals surface area contributed by atoms with Crippen molar-refractivity contribution in [1.29, 1.82) is 0 Å². The lowest BCUT2D eigenvalue weighted by atomic mass is 9.79. The second-order valence-corrected chi connectivity index (χ2v) is 16.0. The van der Waals surface area contributed by atoms with E-state index in [1.165, 1.54) is 55.5 Å². The van der Waals surface area contributed by atoms with E-state index < -0.39 is 11.9 Å². The first-order chi connectivity index (χ1) is 25.5. The summed E-state index contributed by atoms with van der Waals surface area (Å²) in [6.07, 6.45) is 17.3. The highest BCUT2D eigenvalue weighted by atomic mass is 79.9. The van der Waals surface area contributed by atoms with E-state index in [0.29, 0.717) is 0 Å². The van der Waals surface area contributed by atoms with E-state index in [2.05, 4.69) is 128 Å². The molecule has 0 spiro atoms. The second-order valence-electron chi connectivity index (χ2n) is 16.0. The van der Waals surface area contributed by atoms with Crippen molar-refractivity contribution in [3.8, 4) is 0 Å². The van der Waals surface area contributed by atoms with Crippen molar-refractivity contribution in [3.05, 3.63) is 108 Å². The van der Waals surface area contributed by atoms with Crippen molar-refractivity contribution in [3.63, 3.8) is 0 Å². The lowest BCUT2D eigenvalue weighted by molar-refractivity contribution is -0.438. The third-order valence-electron chi connectivity index (χ3n) is 11.6. The number of benzene rings is 4. The number of carboxylic acid groups (broad SMARTS) is 2. The van der Waals surface area contributed by atoms with Gasteiger partial charge in [0.05, 0.1) is 5.41 Å². The minimum atomic E-state index is -0.708. The Morgan fingerprint density at radius 1 is 0.648 bits per heavy atom. The molecule has 2 aliphatic rings. The fraction of sp³-hybridized carbons (Fsp3) is 0.426. The number of hydrogen-bond donors (Lipinski definition) is 2. The van der Waals surface area contributed by atoms with Crippen LogP contribution in [-0.2, 0) is 20.4 Å². The Morgan fingerprint density at radius 3 is 1.81 bits per heavy atom. The van der Waals surface area contributed by atoms with Gasteiger partial charge in [0.25, 0.3) is 0 Å². The highest BCUT2D eigenvalue weighted by Crippen LogP contribution is 2.51. The highest BCUT2D eigenvalue weighted by molar-refractivity contribution is 6.07. The van der Waals surface area contributed by atoms with Gasteiger partial charge in [-0.05, 0) is 84.8 Å². The molecule has 0 aromatic heterocycles. The number of unbranched alkanes of at least 4 members (excludes halogenated alkanes) is 8. The van der Waals surface area contributed by atoms with Crippen LogP contribution in [0.15, 0.2) is 96.7 Å². The highest BCUT2D eigenvalue weighted by Gasteiger charge is 2.45. The third kappa shape index (κ3) is 8.67. The molecule has 2 aliphatic heterocycles. The van der Waals surface area contributed by atoms with E-state index in [1.807, 2.05) is 0 Å². The number of fused-ring (bicyclic) bond motifs is 6. The Morgan fingerprint density at radius 2 is 1.19 bits per heavy atom. The van der Waals surface area contributed by atoms with Crippen LogP contribution in [0.5, 0.6) is 0 Å². The van der Waals surface area contributed by atoms with Gasteiger partial charge in [-0.2, -0.15) is 4.58 Å². The molecule has 54 heavy (non-hydrogen) atoms. The zero-order valence-electron chi connectivity index (χ0n) is 32.5. The predicted molar refractivity (Wildman–Crippen MR) is 219 cm³/mol. The maximum Gasteiger partial charge on any atom is 0.303 e. The standard InChI is InChI=1S/C47H56N2O4.BrH/c1-46(2)40(48(32-17-9-5-7-11-26-42(50)51)38-30-28-34-20-13-15-22-36(34)44(38)46)24-19-25-41-47(3,4)45-37-23-16-14-21-35(37)29-31-39(45)49(41)33-18-10-6-8-12-27-43(52)53;/h13-16,19-25,28-31H,5-12,17-18,26-27,32-33H2,1-4H3,(H-,50,51,52,53);1H. The predicted octanol–water partition coefficient (Wildman–Crippen LogP) is 8.46. The van der Waals surface area contributed by atoms with E-state index >= 15 is 0 Å². The summed E-state index contributed by atoms with van der Waals surface area (Å²) < 4.78 is 2.54. The summed E-state index contributed by atoms with van der Waals surface area (Å²) in [6, 6.07) is 26.6. The van der Waals surface area contributed by atoms with Crippen LogP contribution < -0.4 is 21.9 Å². The van der Waals surface area contributed by atoms with Crippen LogP contribution in [0.2, 0.25) is 0 Å². The first-order valence-corrected chi connectivity index (χ1v) is 19.8. The number of aliphatic carboxylic acids is 2. The van der Waals surface area contributed by atoms with Gasteiger partial charge in [-0.15, -0.1) is 0 Å². The number of carboxylic acids is 2. The quantitative estimate of drug-likeness (QED) is 0.0781. The van der Waals surface area contributed by atoms with E-state index in [-0.39, 0.29) is 40.7 Å². The maximum absolute atomic E-state index is 11.0. The van der Waals surface area contributed by atoms with Gasteiger partial charge in [0.15, 0.2) is 5.71 Å². The van der Waals surface area contributed by atoms with Gasteiger partial charge >= 0.3 is 11.9 Å². The number of hydrogen-bond acceptors (Lipinski definition) is 3. The Bertz CT molecular complexity index is 2070. The number of anilines is 1. The van der Waals surface area contributed by atoms with Crippen molar-refractivity contribution in [2.75, 3.05) is 18.0 Å². The monoisotopic (exact) mass is 792 g/mol. The van der Waals surface area contributed by atoms with Crippen LogP contribution >= 0.6 is 0 Å². The number of nitrogens with zero attached hydrogens (tertiary/aromatic N) is 2. The molecule has 0 atom stereocenters. The molecule has 0 fully saturated rings. The van der Waals surface area contributed by atoms with Crippen LogP contribution in [0.25, 0.3) is 21.5 Å². The minimum Gasteiger partial charge on any atom is -1.00 e. The topological polar surface area (TPSA) is 80.9 Å². The van der Waals surface area contributed by atoms with E-state index in [4.69, 9.17) is 10.2 Å². The molecular formula is C47H57BrN2O4. The molecule has 0 aliphatic carbocycles. The molecule has 2 heterocycles. The second kappa shape index (κ2) is 17.9. The summed E-state index contributed by atoms with van der Waals surface area (Å²) >= 11 is 0. The number of halogens is 1. The van der Waals surface area contributed by atoms with Gasteiger partial charge in [0.2, 0.25) is 5.69 Å². The Balaban J connectivity index is 0.00000561. The van der Waals surface area contributed by atoms with E-state index in [0.717, 1.165) is 77.3 Å². The molecule has 7 heteroatoms. The molecule has 6 nitrogen and oxygen atoms in total. The van der Waals surface area contributed by atoms with Gasteiger partial charge in [0.1, 0.15) is 6.54 Å².